The van der Waals surface area contributed by atoms with Gasteiger partial charge in [0.25, 0.3) is 5.91 Å². The first-order valence-electron chi connectivity index (χ1n) is 9.69. The zero-order chi connectivity index (χ0) is 18.8. The quantitative estimate of drug-likeness (QED) is 0.809. The molecule has 6 heteroatoms. The first-order valence-corrected chi connectivity index (χ1v) is 10.5. The number of hydrogen-bond acceptors (Lipinski definition) is 4. The zero-order valence-corrected chi connectivity index (χ0v) is 17.3. The maximum Gasteiger partial charge on any atom is 0.263 e. The Morgan fingerprint density at radius 2 is 1.92 bits per heavy atom. The second kappa shape index (κ2) is 8.09. The Bertz CT molecular complexity index is 660. The molecule has 0 aromatic carbocycles. The van der Waals surface area contributed by atoms with Crippen LogP contribution in [0.1, 0.15) is 40.4 Å². The van der Waals surface area contributed by atoms with Crippen LogP contribution in [-0.4, -0.2) is 73.3 Å². The van der Waals surface area contributed by atoms with Crippen LogP contribution >= 0.6 is 11.3 Å². The highest BCUT2D eigenvalue weighted by atomic mass is 32.1. The molecular formula is C20H31N3O2S. The van der Waals surface area contributed by atoms with Crippen molar-refractivity contribution >= 4 is 23.2 Å². The predicted octanol–water partition coefficient (Wildman–Crippen LogP) is 2.36. The standard InChI is InChI=1S/C20H31N3O2S/c1-14(2)13-22-7-9-23(10-8-22)19(24)15-5-6-17-16(11-15)12-18(26-17)20(25)21(3)4/h12,14-15H,5-11,13H2,1-4H3. The van der Waals surface area contributed by atoms with Crippen molar-refractivity contribution in [3.63, 3.8) is 0 Å². The van der Waals surface area contributed by atoms with E-state index in [9.17, 15) is 9.59 Å². The van der Waals surface area contributed by atoms with Crippen LogP contribution in [0.5, 0.6) is 0 Å². The normalized spacial score (nSPS) is 21.0. The smallest absolute Gasteiger partial charge is 0.263 e. The van der Waals surface area contributed by atoms with Gasteiger partial charge in [0.05, 0.1) is 4.88 Å². The average molecular weight is 378 g/mol. The largest absolute Gasteiger partial charge is 0.344 e. The van der Waals surface area contributed by atoms with Crippen LogP contribution in [0.3, 0.4) is 0 Å². The summed E-state index contributed by atoms with van der Waals surface area (Å²) in [5.41, 5.74) is 1.21. The number of piperazine rings is 1. The van der Waals surface area contributed by atoms with Crippen molar-refractivity contribution in [1.29, 1.82) is 0 Å². The van der Waals surface area contributed by atoms with Gasteiger partial charge in [-0.15, -0.1) is 11.3 Å². The van der Waals surface area contributed by atoms with E-state index in [4.69, 9.17) is 0 Å². The zero-order valence-electron chi connectivity index (χ0n) is 16.5. The van der Waals surface area contributed by atoms with E-state index in [-0.39, 0.29) is 11.8 Å². The number of thiophene rings is 1. The van der Waals surface area contributed by atoms with Gasteiger partial charge >= 0.3 is 0 Å². The minimum Gasteiger partial charge on any atom is -0.344 e. The van der Waals surface area contributed by atoms with Crippen LogP contribution in [0.15, 0.2) is 6.07 Å². The number of fused-ring (bicyclic) bond motifs is 1. The van der Waals surface area contributed by atoms with Crippen LogP contribution in [0.4, 0.5) is 0 Å². The number of amides is 2. The molecule has 2 heterocycles. The fourth-order valence-corrected chi connectivity index (χ4v) is 5.22. The Kier molecular flexibility index (Phi) is 6.03. The first-order chi connectivity index (χ1) is 12.3. The lowest BCUT2D eigenvalue weighted by Crippen LogP contribution is -2.51. The maximum atomic E-state index is 13.0. The highest BCUT2D eigenvalue weighted by Crippen LogP contribution is 2.33. The average Bonchev–Trinajstić information content (AvgIpc) is 3.03. The van der Waals surface area contributed by atoms with Gasteiger partial charge in [0.15, 0.2) is 0 Å². The van der Waals surface area contributed by atoms with E-state index in [0.717, 1.165) is 56.9 Å². The summed E-state index contributed by atoms with van der Waals surface area (Å²) in [5, 5.41) is 0. The van der Waals surface area contributed by atoms with Gasteiger partial charge in [-0.2, -0.15) is 0 Å². The van der Waals surface area contributed by atoms with Crippen LogP contribution in [0.2, 0.25) is 0 Å². The summed E-state index contributed by atoms with van der Waals surface area (Å²) >= 11 is 1.60. The summed E-state index contributed by atoms with van der Waals surface area (Å²) < 4.78 is 0. The maximum absolute atomic E-state index is 13.0. The third kappa shape index (κ3) is 4.29. The molecule has 1 fully saturated rings. The molecule has 2 amide bonds. The molecule has 1 aromatic heterocycles. The number of hydrogen-bond donors (Lipinski definition) is 0. The Labute approximate surface area is 161 Å². The lowest BCUT2D eigenvalue weighted by molar-refractivity contribution is -0.137. The SMILES string of the molecule is CC(C)CN1CCN(C(=O)C2CCc3sc(C(=O)N(C)C)cc3C2)CC1. The molecule has 1 unspecified atom stereocenters. The number of carbonyl (C=O) groups excluding carboxylic acids is 2. The van der Waals surface area contributed by atoms with Crippen molar-refractivity contribution in [1.82, 2.24) is 14.7 Å². The molecule has 1 saturated heterocycles. The second-order valence-electron chi connectivity index (χ2n) is 8.22. The van der Waals surface area contributed by atoms with Crippen molar-refractivity contribution in [2.45, 2.75) is 33.1 Å². The van der Waals surface area contributed by atoms with Crippen molar-refractivity contribution in [3.8, 4) is 0 Å². The van der Waals surface area contributed by atoms with Gasteiger partial charge in [-0.3, -0.25) is 14.5 Å². The van der Waals surface area contributed by atoms with Crippen molar-refractivity contribution in [2.75, 3.05) is 46.8 Å². The summed E-state index contributed by atoms with van der Waals surface area (Å²) in [6.45, 7) is 9.28. The number of nitrogens with zero attached hydrogens (tertiary/aromatic N) is 3. The van der Waals surface area contributed by atoms with E-state index in [0.29, 0.717) is 11.8 Å². The number of carbonyl (C=O) groups is 2. The molecule has 0 radical (unpaired) electrons. The van der Waals surface area contributed by atoms with E-state index >= 15 is 0 Å². The van der Waals surface area contributed by atoms with Gasteiger partial charge < -0.3 is 9.80 Å². The van der Waals surface area contributed by atoms with Crippen LogP contribution in [0.25, 0.3) is 0 Å². The lowest BCUT2D eigenvalue weighted by Gasteiger charge is -2.37. The molecule has 144 valence electrons. The van der Waals surface area contributed by atoms with Crippen molar-refractivity contribution in [3.05, 3.63) is 21.4 Å². The molecular weight excluding hydrogens is 346 g/mol. The fourth-order valence-electron chi connectivity index (χ4n) is 3.99. The summed E-state index contributed by atoms with van der Waals surface area (Å²) in [6, 6.07) is 2.02. The van der Waals surface area contributed by atoms with E-state index in [1.54, 1.807) is 30.3 Å². The van der Waals surface area contributed by atoms with Crippen LogP contribution in [-0.2, 0) is 17.6 Å². The van der Waals surface area contributed by atoms with Gasteiger partial charge in [-0.1, -0.05) is 13.8 Å². The van der Waals surface area contributed by atoms with E-state index < -0.39 is 0 Å². The minimum absolute atomic E-state index is 0.0635. The van der Waals surface area contributed by atoms with Crippen LogP contribution in [0, 0.1) is 11.8 Å². The highest BCUT2D eigenvalue weighted by molar-refractivity contribution is 7.14. The van der Waals surface area contributed by atoms with Crippen molar-refractivity contribution in [2.24, 2.45) is 11.8 Å². The minimum atomic E-state index is 0.0635. The van der Waals surface area contributed by atoms with E-state index in [1.807, 2.05) is 6.07 Å². The molecule has 3 rings (SSSR count). The van der Waals surface area contributed by atoms with Gasteiger partial charge in [-0.25, -0.2) is 0 Å². The molecule has 2 aliphatic rings. The lowest BCUT2D eigenvalue weighted by atomic mass is 9.87. The number of aryl methyl sites for hydroxylation is 1. The Balaban J connectivity index is 1.59. The molecule has 0 bridgehead atoms. The second-order valence-corrected chi connectivity index (χ2v) is 9.35. The topological polar surface area (TPSA) is 43.9 Å². The summed E-state index contributed by atoms with van der Waals surface area (Å²) in [7, 11) is 3.57. The predicted molar refractivity (Wildman–Crippen MR) is 106 cm³/mol. The molecule has 5 nitrogen and oxygen atoms in total. The van der Waals surface area contributed by atoms with Gasteiger partial charge in [0.1, 0.15) is 0 Å². The van der Waals surface area contributed by atoms with Crippen molar-refractivity contribution < 1.29 is 9.59 Å². The Hall–Kier alpha value is -1.40. The monoisotopic (exact) mass is 377 g/mol. The Morgan fingerprint density at radius 1 is 1.23 bits per heavy atom. The molecule has 1 aromatic rings. The van der Waals surface area contributed by atoms with E-state index in [1.165, 1.54) is 10.4 Å². The highest BCUT2D eigenvalue weighted by Gasteiger charge is 2.32. The summed E-state index contributed by atoms with van der Waals surface area (Å²) in [4.78, 5) is 33.4. The summed E-state index contributed by atoms with van der Waals surface area (Å²) in [6.07, 6.45) is 2.62. The fraction of sp³-hybridized carbons (Fsp3) is 0.700. The molecule has 0 spiro atoms. The molecule has 1 aliphatic heterocycles. The molecule has 0 N–H and O–H groups in total. The van der Waals surface area contributed by atoms with Gasteiger partial charge in [0, 0.05) is 57.6 Å². The van der Waals surface area contributed by atoms with Gasteiger partial charge in [-0.05, 0) is 36.8 Å². The molecule has 1 atom stereocenters. The van der Waals surface area contributed by atoms with E-state index in [2.05, 4.69) is 23.6 Å². The summed E-state index contributed by atoms with van der Waals surface area (Å²) in [5.74, 6) is 1.13. The van der Waals surface area contributed by atoms with Crippen LogP contribution < -0.4 is 0 Å². The number of rotatable bonds is 4. The van der Waals surface area contributed by atoms with Gasteiger partial charge in [0.2, 0.25) is 5.91 Å². The molecule has 26 heavy (non-hydrogen) atoms. The Morgan fingerprint density at radius 3 is 2.54 bits per heavy atom. The third-order valence-corrected chi connectivity index (χ3v) is 6.58. The molecule has 1 aliphatic carbocycles. The first kappa shape index (κ1) is 19.4. The third-order valence-electron chi connectivity index (χ3n) is 5.36. The molecule has 0 saturated carbocycles.